The van der Waals surface area contributed by atoms with Crippen molar-refractivity contribution in [2.45, 2.75) is 57.7 Å². The van der Waals surface area contributed by atoms with Crippen molar-refractivity contribution in [1.29, 1.82) is 0 Å². The number of hydrogen-bond donors (Lipinski definition) is 3. The average molecular weight is 483 g/mol. The summed E-state index contributed by atoms with van der Waals surface area (Å²) in [6, 6.07) is 13.8. The van der Waals surface area contributed by atoms with Crippen molar-refractivity contribution in [1.82, 2.24) is 10.6 Å². The first kappa shape index (κ1) is 26.2. The summed E-state index contributed by atoms with van der Waals surface area (Å²) in [5, 5.41) is 14.6. The van der Waals surface area contributed by atoms with E-state index in [0.29, 0.717) is 0 Å². The van der Waals surface area contributed by atoms with Gasteiger partial charge < -0.3 is 25.2 Å². The fourth-order valence-corrected chi connectivity index (χ4v) is 4.35. The minimum absolute atomic E-state index is 0.0985. The maximum Gasteiger partial charge on any atom is 0.407 e. The van der Waals surface area contributed by atoms with Gasteiger partial charge >= 0.3 is 12.1 Å². The molecule has 1 aliphatic rings. The quantitative estimate of drug-likeness (QED) is 0.447. The van der Waals surface area contributed by atoms with Gasteiger partial charge in [0.05, 0.1) is 6.10 Å². The van der Waals surface area contributed by atoms with Gasteiger partial charge in [0, 0.05) is 13.0 Å². The molecule has 0 saturated heterocycles. The Morgan fingerprint density at radius 3 is 2.06 bits per heavy atom. The number of benzene rings is 2. The highest BCUT2D eigenvalue weighted by Crippen LogP contribution is 2.44. The lowest BCUT2D eigenvalue weighted by molar-refractivity contribution is -0.143. The molecule has 3 rings (SSSR count). The zero-order valence-electron chi connectivity index (χ0n) is 20.6. The smallest absolute Gasteiger partial charge is 0.407 e. The fraction of sp³-hybridized carbons (Fsp3) is 0.444. The van der Waals surface area contributed by atoms with Gasteiger partial charge in [-0.15, -0.1) is 0 Å². The fourth-order valence-electron chi connectivity index (χ4n) is 4.35. The summed E-state index contributed by atoms with van der Waals surface area (Å²) < 4.78 is 10.8. The second-order valence-corrected chi connectivity index (χ2v) is 9.04. The number of carbonyl (C=O) groups is 3. The number of fused-ring (bicyclic) bond motifs is 3. The second-order valence-electron chi connectivity index (χ2n) is 9.04. The second kappa shape index (κ2) is 11.8. The van der Waals surface area contributed by atoms with E-state index in [0.717, 1.165) is 28.7 Å². The molecule has 3 N–H and O–H groups in total. The molecule has 4 atom stereocenters. The van der Waals surface area contributed by atoms with Crippen LogP contribution in [0.2, 0.25) is 0 Å². The molecule has 0 fully saturated rings. The van der Waals surface area contributed by atoms with Crippen molar-refractivity contribution in [2.24, 2.45) is 5.92 Å². The van der Waals surface area contributed by atoms with Gasteiger partial charge in [-0.25, -0.2) is 9.59 Å². The molecule has 8 nitrogen and oxygen atoms in total. The summed E-state index contributed by atoms with van der Waals surface area (Å²) in [6.45, 7) is 5.60. The summed E-state index contributed by atoms with van der Waals surface area (Å²) in [5.41, 5.74) is 4.39. The van der Waals surface area contributed by atoms with E-state index in [-0.39, 0.29) is 24.9 Å². The molecule has 1 aliphatic carbocycles. The van der Waals surface area contributed by atoms with Crippen LogP contribution in [0.5, 0.6) is 0 Å². The van der Waals surface area contributed by atoms with E-state index in [1.54, 1.807) is 6.92 Å². The SMILES string of the molecule is CCC(C)CC(NC(=O)[C@@H](NC(=O)OCC1c2ccccc2-c2ccccc21)[C@@H](C)OC)C(=O)O. The van der Waals surface area contributed by atoms with Gasteiger partial charge in [-0.05, 0) is 41.5 Å². The minimum Gasteiger partial charge on any atom is -0.480 e. The number of amides is 2. The van der Waals surface area contributed by atoms with Gasteiger partial charge in [-0.1, -0.05) is 68.8 Å². The van der Waals surface area contributed by atoms with Crippen LogP contribution >= 0.6 is 0 Å². The Hall–Kier alpha value is -3.39. The number of carboxylic acids is 1. The average Bonchev–Trinajstić information content (AvgIpc) is 3.18. The highest BCUT2D eigenvalue weighted by atomic mass is 16.5. The van der Waals surface area contributed by atoms with Crippen LogP contribution in [0.25, 0.3) is 11.1 Å². The van der Waals surface area contributed by atoms with Crippen molar-refractivity contribution in [3.63, 3.8) is 0 Å². The molecular formula is C27H34N2O6. The normalized spacial score (nSPS) is 15.8. The Morgan fingerprint density at radius 1 is 0.971 bits per heavy atom. The third-order valence-electron chi connectivity index (χ3n) is 6.69. The van der Waals surface area contributed by atoms with Gasteiger partial charge in [-0.3, -0.25) is 4.79 Å². The number of alkyl carbamates (subject to hydrolysis) is 1. The molecule has 0 saturated carbocycles. The van der Waals surface area contributed by atoms with Crippen LogP contribution in [0.1, 0.15) is 50.7 Å². The van der Waals surface area contributed by atoms with Crippen molar-refractivity contribution in [3.05, 3.63) is 59.7 Å². The van der Waals surface area contributed by atoms with Crippen molar-refractivity contribution in [2.75, 3.05) is 13.7 Å². The lowest BCUT2D eigenvalue weighted by atomic mass is 9.98. The Kier molecular flexibility index (Phi) is 8.87. The van der Waals surface area contributed by atoms with E-state index >= 15 is 0 Å². The minimum atomic E-state index is -1.12. The summed E-state index contributed by atoms with van der Waals surface area (Å²) >= 11 is 0. The standard InChI is InChI=1S/C27H34N2O6/c1-5-16(2)14-23(26(31)32)28-25(30)24(17(3)34-4)29-27(33)35-15-22-20-12-8-6-10-18(20)19-11-7-9-13-21(19)22/h6-13,16-17,22-24H,5,14-15H2,1-4H3,(H,28,30)(H,29,33)(H,31,32)/t16?,17-,23?,24+/m1/s1. The first-order valence-corrected chi connectivity index (χ1v) is 11.9. The largest absolute Gasteiger partial charge is 0.480 e. The number of hydrogen-bond acceptors (Lipinski definition) is 5. The Morgan fingerprint density at radius 2 is 1.54 bits per heavy atom. The number of rotatable bonds is 11. The highest BCUT2D eigenvalue weighted by molar-refractivity contribution is 5.89. The van der Waals surface area contributed by atoms with E-state index < -0.39 is 36.2 Å². The third-order valence-corrected chi connectivity index (χ3v) is 6.69. The van der Waals surface area contributed by atoms with Gasteiger partial charge in [0.2, 0.25) is 5.91 Å². The molecular weight excluding hydrogens is 448 g/mol. The van der Waals surface area contributed by atoms with Crippen molar-refractivity contribution < 1.29 is 29.0 Å². The number of methoxy groups -OCH3 is 1. The van der Waals surface area contributed by atoms with Gasteiger partial charge in [-0.2, -0.15) is 0 Å². The lowest BCUT2D eigenvalue weighted by Crippen LogP contribution is -2.56. The molecule has 0 aliphatic heterocycles. The number of carbonyl (C=O) groups excluding carboxylic acids is 2. The van der Waals surface area contributed by atoms with Crippen LogP contribution in [0.3, 0.4) is 0 Å². The highest BCUT2D eigenvalue weighted by Gasteiger charge is 2.33. The van der Waals surface area contributed by atoms with Crippen LogP contribution in [-0.2, 0) is 19.1 Å². The number of carboxylic acid groups (broad SMARTS) is 1. The molecule has 0 bridgehead atoms. The van der Waals surface area contributed by atoms with Crippen LogP contribution in [0.15, 0.2) is 48.5 Å². The molecule has 0 spiro atoms. The summed E-state index contributed by atoms with van der Waals surface area (Å²) in [5.74, 6) is -1.76. The molecule has 0 aromatic heterocycles. The van der Waals surface area contributed by atoms with Gasteiger partial charge in [0.1, 0.15) is 18.7 Å². The molecule has 0 radical (unpaired) electrons. The van der Waals surface area contributed by atoms with E-state index in [1.807, 2.05) is 62.4 Å². The molecule has 2 aromatic rings. The molecule has 0 heterocycles. The third kappa shape index (κ3) is 6.19. The van der Waals surface area contributed by atoms with Gasteiger partial charge in [0.25, 0.3) is 0 Å². The topological polar surface area (TPSA) is 114 Å². The van der Waals surface area contributed by atoms with E-state index in [1.165, 1.54) is 7.11 Å². The lowest BCUT2D eigenvalue weighted by Gasteiger charge is -2.26. The summed E-state index contributed by atoms with van der Waals surface area (Å²) in [7, 11) is 1.41. The molecule has 8 heteroatoms. The van der Waals surface area contributed by atoms with Crippen LogP contribution < -0.4 is 10.6 Å². The molecule has 188 valence electrons. The zero-order chi connectivity index (χ0) is 25.5. The molecule has 35 heavy (non-hydrogen) atoms. The van der Waals surface area contributed by atoms with Crippen LogP contribution in [0, 0.1) is 5.92 Å². The van der Waals surface area contributed by atoms with Crippen molar-refractivity contribution in [3.8, 4) is 11.1 Å². The maximum atomic E-state index is 12.9. The first-order chi connectivity index (χ1) is 16.8. The predicted molar refractivity (Wildman–Crippen MR) is 132 cm³/mol. The Bertz CT molecular complexity index is 1010. The summed E-state index contributed by atoms with van der Waals surface area (Å²) in [4.78, 5) is 37.3. The summed E-state index contributed by atoms with van der Waals surface area (Å²) in [6.07, 6.45) is -0.398. The van der Waals surface area contributed by atoms with Crippen LogP contribution in [-0.4, -0.2) is 55.0 Å². The Labute approximate surface area is 206 Å². The zero-order valence-corrected chi connectivity index (χ0v) is 20.6. The molecule has 2 amide bonds. The first-order valence-electron chi connectivity index (χ1n) is 11.9. The van der Waals surface area contributed by atoms with E-state index in [4.69, 9.17) is 9.47 Å². The molecule has 2 unspecified atom stereocenters. The van der Waals surface area contributed by atoms with E-state index in [9.17, 15) is 19.5 Å². The predicted octanol–water partition coefficient (Wildman–Crippen LogP) is 3.93. The number of ether oxygens (including phenoxy) is 2. The maximum absolute atomic E-state index is 12.9. The monoisotopic (exact) mass is 482 g/mol. The molecule has 2 aromatic carbocycles. The Balaban J connectivity index is 1.67. The number of nitrogens with one attached hydrogen (secondary N) is 2. The van der Waals surface area contributed by atoms with E-state index in [2.05, 4.69) is 10.6 Å². The number of aliphatic carboxylic acids is 1. The van der Waals surface area contributed by atoms with Crippen LogP contribution in [0.4, 0.5) is 4.79 Å². The van der Waals surface area contributed by atoms with Crippen molar-refractivity contribution >= 4 is 18.0 Å². The van der Waals surface area contributed by atoms with Gasteiger partial charge in [0.15, 0.2) is 0 Å².